The van der Waals surface area contributed by atoms with E-state index in [9.17, 15) is 0 Å². The summed E-state index contributed by atoms with van der Waals surface area (Å²) in [6.07, 6.45) is 8.48. The van der Waals surface area contributed by atoms with E-state index in [2.05, 4.69) is 37.8 Å². The summed E-state index contributed by atoms with van der Waals surface area (Å²) in [5.74, 6) is 3.63. The zero-order valence-electron chi connectivity index (χ0n) is 11.8. The molecule has 2 rings (SSSR count). The van der Waals surface area contributed by atoms with Crippen LogP contribution in [0, 0.1) is 11.3 Å². The Balaban J connectivity index is 1.86. The van der Waals surface area contributed by atoms with Crippen LogP contribution in [0.3, 0.4) is 0 Å². The van der Waals surface area contributed by atoms with Crippen molar-refractivity contribution < 1.29 is 0 Å². The molecule has 0 aromatic heterocycles. The quantitative estimate of drug-likeness (QED) is 0.746. The molecule has 1 N–H and O–H groups in total. The number of hydrogen-bond acceptors (Lipinski definition) is 2. The van der Waals surface area contributed by atoms with E-state index < -0.39 is 0 Å². The van der Waals surface area contributed by atoms with Crippen LogP contribution in [0.2, 0.25) is 0 Å². The Labute approximate surface area is 112 Å². The maximum absolute atomic E-state index is 3.99. The topological polar surface area (TPSA) is 12.0 Å². The molecule has 1 nitrogen and oxygen atoms in total. The van der Waals surface area contributed by atoms with Crippen LogP contribution < -0.4 is 5.32 Å². The molecular formula is C15H29NS. The SMILES string of the molecule is CC1CCCC(NC2CSCCC2(C)C)CC1. The Morgan fingerprint density at radius 1 is 1.12 bits per heavy atom. The van der Waals surface area contributed by atoms with Crippen LogP contribution in [0.15, 0.2) is 0 Å². The minimum Gasteiger partial charge on any atom is -0.310 e. The summed E-state index contributed by atoms with van der Waals surface area (Å²) in [6.45, 7) is 7.32. The van der Waals surface area contributed by atoms with Gasteiger partial charge in [0.15, 0.2) is 0 Å². The predicted molar refractivity (Wildman–Crippen MR) is 78.7 cm³/mol. The first-order valence-electron chi connectivity index (χ1n) is 7.42. The number of thioether (sulfide) groups is 1. The normalized spacial score (nSPS) is 38.6. The third-order valence-corrected chi connectivity index (χ3v) is 5.87. The van der Waals surface area contributed by atoms with Crippen LogP contribution in [-0.2, 0) is 0 Å². The first-order chi connectivity index (χ1) is 8.08. The van der Waals surface area contributed by atoms with Gasteiger partial charge in [0.1, 0.15) is 0 Å². The van der Waals surface area contributed by atoms with Gasteiger partial charge in [0.05, 0.1) is 0 Å². The van der Waals surface area contributed by atoms with Crippen molar-refractivity contribution in [1.82, 2.24) is 5.32 Å². The Morgan fingerprint density at radius 3 is 2.71 bits per heavy atom. The molecule has 17 heavy (non-hydrogen) atoms. The van der Waals surface area contributed by atoms with Crippen LogP contribution in [0.5, 0.6) is 0 Å². The van der Waals surface area contributed by atoms with Gasteiger partial charge in [-0.25, -0.2) is 0 Å². The number of hydrogen-bond donors (Lipinski definition) is 1. The fraction of sp³-hybridized carbons (Fsp3) is 1.00. The van der Waals surface area contributed by atoms with E-state index in [0.29, 0.717) is 5.41 Å². The van der Waals surface area contributed by atoms with Gasteiger partial charge >= 0.3 is 0 Å². The summed E-state index contributed by atoms with van der Waals surface area (Å²) < 4.78 is 0. The summed E-state index contributed by atoms with van der Waals surface area (Å²) in [6, 6.07) is 1.53. The molecule has 0 aromatic rings. The Kier molecular flexibility index (Phi) is 4.82. The standard InChI is InChI=1S/C15H29NS/c1-12-5-4-6-13(8-7-12)16-14-11-17-10-9-15(14,2)3/h12-14,16H,4-11H2,1-3H3. The number of rotatable bonds is 2. The second kappa shape index (κ2) is 5.97. The lowest BCUT2D eigenvalue weighted by Crippen LogP contribution is -2.50. The van der Waals surface area contributed by atoms with E-state index in [1.165, 1.54) is 50.0 Å². The van der Waals surface area contributed by atoms with Crippen molar-refractivity contribution in [2.24, 2.45) is 11.3 Å². The van der Waals surface area contributed by atoms with Gasteiger partial charge in [0.25, 0.3) is 0 Å². The van der Waals surface area contributed by atoms with Crippen molar-refractivity contribution in [3.05, 3.63) is 0 Å². The van der Waals surface area contributed by atoms with Crippen molar-refractivity contribution >= 4 is 11.8 Å². The molecule has 1 saturated carbocycles. The zero-order chi connectivity index (χ0) is 12.3. The van der Waals surface area contributed by atoms with Crippen LogP contribution in [0.25, 0.3) is 0 Å². The third kappa shape index (κ3) is 3.89. The molecule has 0 amide bonds. The molecule has 1 saturated heterocycles. The minimum atomic E-state index is 0.503. The van der Waals surface area contributed by atoms with E-state index in [4.69, 9.17) is 0 Å². The first-order valence-corrected chi connectivity index (χ1v) is 8.57. The molecule has 2 aliphatic rings. The van der Waals surface area contributed by atoms with Crippen molar-refractivity contribution in [3.8, 4) is 0 Å². The molecule has 0 aromatic carbocycles. The van der Waals surface area contributed by atoms with Gasteiger partial charge in [0, 0.05) is 17.8 Å². The molecular weight excluding hydrogens is 226 g/mol. The highest BCUT2D eigenvalue weighted by Crippen LogP contribution is 2.35. The summed E-state index contributed by atoms with van der Waals surface area (Å²) in [4.78, 5) is 0. The molecule has 2 fully saturated rings. The molecule has 2 heteroatoms. The van der Waals surface area contributed by atoms with Crippen LogP contribution in [0.1, 0.15) is 59.3 Å². The minimum absolute atomic E-state index is 0.503. The second-order valence-electron chi connectivity index (χ2n) is 6.84. The molecule has 0 bridgehead atoms. The van der Waals surface area contributed by atoms with Gasteiger partial charge < -0.3 is 5.32 Å². The van der Waals surface area contributed by atoms with Crippen molar-refractivity contribution in [2.75, 3.05) is 11.5 Å². The van der Waals surface area contributed by atoms with Crippen molar-refractivity contribution in [2.45, 2.75) is 71.4 Å². The lowest BCUT2D eigenvalue weighted by Gasteiger charge is -2.41. The van der Waals surface area contributed by atoms with Gasteiger partial charge in [-0.2, -0.15) is 11.8 Å². The number of nitrogens with one attached hydrogen (secondary N) is 1. The largest absolute Gasteiger partial charge is 0.310 e. The van der Waals surface area contributed by atoms with Crippen molar-refractivity contribution in [1.29, 1.82) is 0 Å². The first kappa shape index (κ1) is 13.7. The predicted octanol–water partition coefficient (Wildman–Crippen LogP) is 4.08. The molecule has 1 aliphatic heterocycles. The third-order valence-electron chi connectivity index (χ3n) is 4.81. The Bertz CT molecular complexity index is 239. The zero-order valence-corrected chi connectivity index (χ0v) is 12.6. The highest BCUT2D eigenvalue weighted by atomic mass is 32.2. The van der Waals surface area contributed by atoms with E-state index in [-0.39, 0.29) is 0 Å². The maximum Gasteiger partial charge on any atom is 0.0212 e. The van der Waals surface area contributed by atoms with Crippen LogP contribution in [-0.4, -0.2) is 23.6 Å². The molecule has 1 heterocycles. The summed E-state index contributed by atoms with van der Waals surface area (Å²) in [5.41, 5.74) is 0.503. The highest BCUT2D eigenvalue weighted by molar-refractivity contribution is 7.99. The molecule has 3 unspecified atom stereocenters. The van der Waals surface area contributed by atoms with Gasteiger partial charge in [-0.15, -0.1) is 0 Å². The highest BCUT2D eigenvalue weighted by Gasteiger charge is 2.33. The monoisotopic (exact) mass is 255 g/mol. The van der Waals surface area contributed by atoms with Gasteiger partial charge in [0.2, 0.25) is 0 Å². The lowest BCUT2D eigenvalue weighted by molar-refractivity contribution is 0.221. The maximum atomic E-state index is 3.99. The second-order valence-corrected chi connectivity index (χ2v) is 7.99. The summed E-state index contributed by atoms with van der Waals surface area (Å²) in [7, 11) is 0. The van der Waals surface area contributed by atoms with Gasteiger partial charge in [-0.05, 0) is 42.8 Å². The van der Waals surface area contributed by atoms with Gasteiger partial charge in [-0.1, -0.05) is 33.6 Å². The summed E-state index contributed by atoms with van der Waals surface area (Å²) in [5, 5.41) is 3.99. The van der Waals surface area contributed by atoms with Crippen LogP contribution in [0.4, 0.5) is 0 Å². The van der Waals surface area contributed by atoms with E-state index in [1.807, 2.05) is 0 Å². The molecule has 0 spiro atoms. The van der Waals surface area contributed by atoms with E-state index in [0.717, 1.165) is 18.0 Å². The fourth-order valence-corrected chi connectivity index (χ4v) is 4.77. The molecule has 1 aliphatic carbocycles. The van der Waals surface area contributed by atoms with Crippen molar-refractivity contribution in [3.63, 3.8) is 0 Å². The van der Waals surface area contributed by atoms with Gasteiger partial charge in [-0.3, -0.25) is 0 Å². The molecule has 3 atom stereocenters. The van der Waals surface area contributed by atoms with Crippen LogP contribution >= 0.6 is 11.8 Å². The molecule has 100 valence electrons. The Morgan fingerprint density at radius 2 is 1.94 bits per heavy atom. The average molecular weight is 255 g/mol. The average Bonchev–Trinajstić information content (AvgIpc) is 2.47. The lowest BCUT2D eigenvalue weighted by atomic mass is 9.81. The Hall–Kier alpha value is 0.310. The summed E-state index contributed by atoms with van der Waals surface area (Å²) >= 11 is 2.14. The molecule has 0 radical (unpaired) electrons. The fourth-order valence-electron chi connectivity index (χ4n) is 3.15. The van der Waals surface area contributed by atoms with E-state index in [1.54, 1.807) is 0 Å². The smallest absolute Gasteiger partial charge is 0.0212 e. The van der Waals surface area contributed by atoms with E-state index >= 15 is 0 Å².